The zero-order valence-corrected chi connectivity index (χ0v) is 57.7. The maximum atomic E-state index is 13.0. The monoisotopic (exact) mass is 1270 g/mol. The molecule has 0 rings (SSSR count). The Morgan fingerprint density at radius 3 is 0.826 bits per heavy atom. The average Bonchev–Trinajstić information content (AvgIpc) is 3.68. The Balaban J connectivity index is 5.26. The van der Waals surface area contributed by atoms with Crippen LogP contribution in [0.3, 0.4) is 0 Å². The van der Waals surface area contributed by atoms with Gasteiger partial charge < -0.3 is 33.8 Å². The summed E-state index contributed by atoms with van der Waals surface area (Å²) in [5, 5.41) is 10.6. The molecule has 0 saturated carbocycles. The van der Waals surface area contributed by atoms with Gasteiger partial charge in [0.1, 0.15) is 19.3 Å². The number of carbonyl (C=O) groups is 4. The standard InChI is InChI=1S/C67H130O17P2/c1-9-60(8)46-38-30-25-26-32-40-48-65(70)78-54-63(84-67(72)50-42-34-23-17-13-11-15-20-28-36-44-58(4)5)56-82-86(75,76)80-52-61(68)51-79-85(73,74)81-55-62(53-77-64(69)47-39-31-24-18-21-29-37-45-59(6)7)83-66(71)49-41-33-22-16-12-10-14-19-27-35-43-57(2)3/h57-63,68H,9-56H2,1-8H3,(H,73,74)(H,75,76)/t60?,61-,62-,63-/m1/s1. The number of aliphatic hydroxyl groups is 1. The molecule has 0 aromatic heterocycles. The summed E-state index contributed by atoms with van der Waals surface area (Å²) in [4.78, 5) is 72.4. The molecule has 0 fully saturated rings. The summed E-state index contributed by atoms with van der Waals surface area (Å²) in [5.41, 5.74) is 0. The molecule has 0 amide bonds. The number of hydrogen-bond donors (Lipinski definition) is 3. The smallest absolute Gasteiger partial charge is 0.462 e. The Kier molecular flexibility index (Phi) is 55.7. The normalized spacial score (nSPS) is 14.7. The summed E-state index contributed by atoms with van der Waals surface area (Å²) in [6.07, 6.45) is 37.6. The van der Waals surface area contributed by atoms with E-state index in [1.54, 1.807) is 0 Å². The molecular formula is C67H130O17P2. The van der Waals surface area contributed by atoms with Crippen LogP contribution in [0.4, 0.5) is 0 Å². The van der Waals surface area contributed by atoms with Crippen molar-refractivity contribution in [1.29, 1.82) is 0 Å². The van der Waals surface area contributed by atoms with Crippen LogP contribution in [-0.4, -0.2) is 96.7 Å². The number of phosphoric acid groups is 2. The molecule has 0 aliphatic heterocycles. The number of ether oxygens (including phenoxy) is 4. The third kappa shape index (κ3) is 59.7. The lowest BCUT2D eigenvalue weighted by Gasteiger charge is -2.21. The minimum atomic E-state index is -4.95. The molecule has 510 valence electrons. The summed E-state index contributed by atoms with van der Waals surface area (Å²) >= 11 is 0. The van der Waals surface area contributed by atoms with E-state index in [-0.39, 0.29) is 25.7 Å². The van der Waals surface area contributed by atoms with Gasteiger partial charge >= 0.3 is 39.5 Å². The molecule has 3 N–H and O–H groups in total. The lowest BCUT2D eigenvalue weighted by molar-refractivity contribution is -0.161. The molecule has 86 heavy (non-hydrogen) atoms. The van der Waals surface area contributed by atoms with Crippen molar-refractivity contribution in [2.24, 2.45) is 23.7 Å². The molecule has 0 saturated heterocycles. The predicted molar refractivity (Wildman–Crippen MR) is 344 cm³/mol. The van der Waals surface area contributed by atoms with Crippen LogP contribution >= 0.6 is 15.6 Å². The highest BCUT2D eigenvalue weighted by atomic mass is 31.2. The first-order chi connectivity index (χ1) is 41.1. The Bertz CT molecular complexity index is 1720. The van der Waals surface area contributed by atoms with Crippen molar-refractivity contribution in [3.63, 3.8) is 0 Å². The van der Waals surface area contributed by atoms with Crippen molar-refractivity contribution >= 4 is 39.5 Å². The SMILES string of the molecule is CCC(C)CCCCCCCCC(=O)OC[C@H](COP(=O)(O)OC[C@H](O)COP(=O)(O)OC[C@@H](COC(=O)CCCCCCCCCC(C)C)OC(=O)CCCCCCCCCCCCC(C)C)OC(=O)CCCCCCCCCCCCC(C)C. The van der Waals surface area contributed by atoms with Crippen LogP contribution in [0.2, 0.25) is 0 Å². The van der Waals surface area contributed by atoms with E-state index in [0.29, 0.717) is 31.6 Å². The van der Waals surface area contributed by atoms with Gasteiger partial charge in [-0.05, 0) is 49.4 Å². The first-order valence-electron chi connectivity index (χ1n) is 34.7. The van der Waals surface area contributed by atoms with Crippen LogP contribution < -0.4 is 0 Å². The highest BCUT2D eigenvalue weighted by Crippen LogP contribution is 2.45. The fraction of sp³-hybridized carbons (Fsp3) is 0.940. The van der Waals surface area contributed by atoms with Crippen molar-refractivity contribution in [3.05, 3.63) is 0 Å². The average molecular weight is 1270 g/mol. The van der Waals surface area contributed by atoms with Gasteiger partial charge in [-0.15, -0.1) is 0 Å². The topological polar surface area (TPSA) is 237 Å². The van der Waals surface area contributed by atoms with Crippen molar-refractivity contribution in [2.75, 3.05) is 39.6 Å². The summed E-state index contributed by atoms with van der Waals surface area (Å²) in [6, 6.07) is 0. The molecule has 6 atom stereocenters. The molecule has 0 aromatic rings. The van der Waals surface area contributed by atoms with Crippen molar-refractivity contribution in [1.82, 2.24) is 0 Å². The van der Waals surface area contributed by atoms with Crippen LogP contribution in [-0.2, 0) is 65.4 Å². The lowest BCUT2D eigenvalue weighted by Crippen LogP contribution is -2.30. The van der Waals surface area contributed by atoms with Crippen LogP contribution in [0.5, 0.6) is 0 Å². The zero-order chi connectivity index (χ0) is 63.9. The number of hydrogen-bond acceptors (Lipinski definition) is 15. The van der Waals surface area contributed by atoms with Gasteiger partial charge in [-0.25, -0.2) is 9.13 Å². The fourth-order valence-electron chi connectivity index (χ4n) is 9.93. The minimum absolute atomic E-state index is 0.104. The van der Waals surface area contributed by atoms with Gasteiger partial charge in [0.05, 0.1) is 26.4 Å². The highest BCUT2D eigenvalue weighted by Gasteiger charge is 2.30. The first-order valence-corrected chi connectivity index (χ1v) is 37.7. The molecule has 19 heteroatoms. The lowest BCUT2D eigenvalue weighted by atomic mass is 10.00. The number of esters is 4. The summed E-state index contributed by atoms with van der Waals surface area (Å²) in [7, 11) is -9.90. The Morgan fingerprint density at radius 2 is 0.558 bits per heavy atom. The van der Waals surface area contributed by atoms with Crippen LogP contribution in [0.15, 0.2) is 0 Å². The molecule has 0 radical (unpaired) electrons. The van der Waals surface area contributed by atoms with E-state index in [1.807, 2.05) is 0 Å². The van der Waals surface area contributed by atoms with Gasteiger partial charge in [-0.2, -0.15) is 0 Å². The molecule has 0 aromatic carbocycles. The third-order valence-electron chi connectivity index (χ3n) is 15.7. The van der Waals surface area contributed by atoms with Gasteiger partial charge in [-0.1, -0.05) is 274 Å². The Hall–Kier alpha value is -1.94. The van der Waals surface area contributed by atoms with Crippen LogP contribution in [0.25, 0.3) is 0 Å². The molecule has 0 bridgehead atoms. The van der Waals surface area contributed by atoms with Crippen molar-refractivity contribution in [3.8, 4) is 0 Å². The molecule has 0 heterocycles. The first kappa shape index (κ1) is 84.1. The van der Waals surface area contributed by atoms with E-state index in [4.69, 9.17) is 37.0 Å². The summed E-state index contributed by atoms with van der Waals surface area (Å²) in [5.74, 6) is 0.804. The van der Waals surface area contributed by atoms with Crippen molar-refractivity contribution < 1.29 is 80.2 Å². The van der Waals surface area contributed by atoms with Gasteiger partial charge in [0, 0.05) is 25.7 Å². The minimum Gasteiger partial charge on any atom is -0.462 e. The predicted octanol–water partition coefficient (Wildman–Crippen LogP) is 18.5. The molecule has 3 unspecified atom stereocenters. The zero-order valence-electron chi connectivity index (χ0n) is 55.9. The molecule has 0 aliphatic carbocycles. The second-order valence-electron chi connectivity index (χ2n) is 25.9. The van der Waals surface area contributed by atoms with E-state index < -0.39 is 97.5 Å². The summed E-state index contributed by atoms with van der Waals surface area (Å²) < 4.78 is 68.1. The van der Waals surface area contributed by atoms with Crippen molar-refractivity contribution in [2.45, 2.75) is 343 Å². The molecular weight excluding hydrogens is 1140 g/mol. The number of rotatable bonds is 64. The maximum Gasteiger partial charge on any atom is 0.472 e. The number of carbonyl (C=O) groups excluding carboxylic acids is 4. The molecule has 17 nitrogen and oxygen atoms in total. The van der Waals surface area contributed by atoms with Gasteiger partial charge in [-0.3, -0.25) is 37.3 Å². The quantitative estimate of drug-likeness (QED) is 0.0222. The largest absolute Gasteiger partial charge is 0.472 e. The van der Waals surface area contributed by atoms with Crippen LogP contribution in [0.1, 0.15) is 325 Å². The van der Waals surface area contributed by atoms with E-state index >= 15 is 0 Å². The van der Waals surface area contributed by atoms with Gasteiger partial charge in [0.15, 0.2) is 12.2 Å². The van der Waals surface area contributed by atoms with E-state index in [0.717, 1.165) is 120 Å². The van der Waals surface area contributed by atoms with Crippen LogP contribution in [0, 0.1) is 23.7 Å². The second-order valence-corrected chi connectivity index (χ2v) is 28.8. The van der Waals surface area contributed by atoms with E-state index in [9.17, 15) is 43.2 Å². The number of unbranched alkanes of at least 4 members (excludes halogenated alkanes) is 29. The van der Waals surface area contributed by atoms with Gasteiger partial charge in [0.2, 0.25) is 0 Å². The molecule has 0 spiro atoms. The van der Waals surface area contributed by atoms with E-state index in [1.165, 1.54) is 116 Å². The Labute approximate surface area is 524 Å². The number of phosphoric ester groups is 2. The fourth-order valence-corrected chi connectivity index (χ4v) is 11.5. The summed E-state index contributed by atoms with van der Waals surface area (Å²) in [6.45, 7) is 14.0. The van der Waals surface area contributed by atoms with E-state index in [2.05, 4.69) is 55.4 Å². The molecule has 0 aliphatic rings. The second kappa shape index (κ2) is 57.0. The maximum absolute atomic E-state index is 13.0. The highest BCUT2D eigenvalue weighted by molar-refractivity contribution is 7.47. The Morgan fingerprint density at radius 1 is 0.326 bits per heavy atom. The number of aliphatic hydroxyl groups excluding tert-OH is 1. The third-order valence-corrected chi connectivity index (χ3v) is 17.6. The van der Waals surface area contributed by atoms with Gasteiger partial charge in [0.25, 0.3) is 0 Å².